The second kappa shape index (κ2) is 4.88. The molecule has 0 aliphatic rings. The maximum atomic E-state index is 13.0. The van der Waals surface area contributed by atoms with Gasteiger partial charge in [-0.25, -0.2) is 4.39 Å². The number of alkyl halides is 1. The summed E-state index contributed by atoms with van der Waals surface area (Å²) >= 11 is 2.96. The number of carbonyl (C=O) groups excluding carboxylic acids is 2. The molecule has 0 atom stereocenters. The molecule has 0 aliphatic heterocycles. The van der Waals surface area contributed by atoms with Crippen LogP contribution >= 0.6 is 15.9 Å². The summed E-state index contributed by atoms with van der Waals surface area (Å²) in [6, 6.07) is 3.62. The average molecular weight is 275 g/mol. The van der Waals surface area contributed by atoms with Crippen LogP contribution < -0.4 is 11.1 Å². The fraction of sp³-hybridized carbons (Fsp3) is 0.111. The number of nitrogens with two attached hydrogens (primary N) is 1. The molecule has 2 amide bonds. The van der Waals surface area contributed by atoms with Crippen LogP contribution in [0.1, 0.15) is 10.4 Å². The van der Waals surface area contributed by atoms with Crippen LogP contribution in [0.5, 0.6) is 0 Å². The first-order valence-electron chi connectivity index (χ1n) is 3.99. The first-order chi connectivity index (χ1) is 7.04. The minimum atomic E-state index is -0.873. The van der Waals surface area contributed by atoms with Gasteiger partial charge in [0.1, 0.15) is 5.82 Å². The van der Waals surface area contributed by atoms with Crippen molar-refractivity contribution in [3.05, 3.63) is 29.6 Å². The topological polar surface area (TPSA) is 72.2 Å². The molecule has 4 nitrogen and oxygen atoms in total. The largest absolute Gasteiger partial charge is 0.366 e. The zero-order valence-corrected chi connectivity index (χ0v) is 9.17. The number of halogens is 2. The predicted molar refractivity (Wildman–Crippen MR) is 57.3 cm³/mol. The van der Waals surface area contributed by atoms with Crippen LogP contribution in [0.3, 0.4) is 0 Å². The Hall–Kier alpha value is -1.43. The van der Waals surface area contributed by atoms with E-state index < -0.39 is 11.7 Å². The van der Waals surface area contributed by atoms with E-state index >= 15 is 0 Å². The molecular weight excluding hydrogens is 267 g/mol. The molecule has 80 valence electrons. The lowest BCUT2D eigenvalue weighted by atomic mass is 10.2. The van der Waals surface area contributed by atoms with E-state index in [0.29, 0.717) is 5.69 Å². The van der Waals surface area contributed by atoms with E-state index in [2.05, 4.69) is 21.2 Å². The number of hydrogen-bond donors (Lipinski definition) is 2. The molecular formula is C9H8BrFN2O2. The number of nitrogens with one attached hydrogen (secondary N) is 1. The minimum Gasteiger partial charge on any atom is -0.366 e. The van der Waals surface area contributed by atoms with Crippen molar-refractivity contribution >= 4 is 33.4 Å². The van der Waals surface area contributed by atoms with E-state index in [1.165, 1.54) is 12.1 Å². The van der Waals surface area contributed by atoms with E-state index in [-0.39, 0.29) is 16.8 Å². The van der Waals surface area contributed by atoms with Crippen molar-refractivity contribution in [3.8, 4) is 0 Å². The van der Waals surface area contributed by atoms with Gasteiger partial charge in [-0.2, -0.15) is 0 Å². The summed E-state index contributed by atoms with van der Waals surface area (Å²) in [7, 11) is 0. The smallest absolute Gasteiger partial charge is 0.251 e. The maximum absolute atomic E-state index is 13.0. The number of amides is 2. The molecule has 0 unspecified atom stereocenters. The quantitative estimate of drug-likeness (QED) is 0.815. The Kier molecular flexibility index (Phi) is 3.79. The highest BCUT2D eigenvalue weighted by atomic mass is 79.9. The van der Waals surface area contributed by atoms with Gasteiger partial charge in [-0.05, 0) is 18.2 Å². The first-order valence-corrected chi connectivity index (χ1v) is 5.12. The molecule has 0 bridgehead atoms. The van der Waals surface area contributed by atoms with Gasteiger partial charge < -0.3 is 11.1 Å². The monoisotopic (exact) mass is 274 g/mol. The van der Waals surface area contributed by atoms with Crippen LogP contribution in [0.25, 0.3) is 0 Å². The Morgan fingerprint density at radius 1 is 1.47 bits per heavy atom. The Labute approximate surface area is 93.8 Å². The molecule has 0 saturated heterocycles. The first kappa shape index (κ1) is 11.6. The SMILES string of the molecule is NC(=O)c1cc(NC(=O)CBr)ccc1F. The zero-order valence-electron chi connectivity index (χ0n) is 7.59. The van der Waals surface area contributed by atoms with Gasteiger partial charge in [0.05, 0.1) is 10.9 Å². The zero-order chi connectivity index (χ0) is 11.4. The molecule has 0 aromatic heterocycles. The molecule has 6 heteroatoms. The molecule has 0 aliphatic carbocycles. The van der Waals surface area contributed by atoms with E-state index in [4.69, 9.17) is 5.73 Å². The van der Waals surface area contributed by atoms with Crippen LogP contribution in [-0.4, -0.2) is 17.1 Å². The summed E-state index contributed by atoms with van der Waals surface area (Å²) in [6.45, 7) is 0. The minimum absolute atomic E-state index is 0.121. The fourth-order valence-corrected chi connectivity index (χ4v) is 1.13. The third-order valence-electron chi connectivity index (χ3n) is 1.64. The van der Waals surface area contributed by atoms with Crippen molar-refractivity contribution in [1.82, 2.24) is 0 Å². The molecule has 15 heavy (non-hydrogen) atoms. The van der Waals surface area contributed by atoms with E-state index in [1.54, 1.807) is 0 Å². The highest BCUT2D eigenvalue weighted by molar-refractivity contribution is 9.09. The molecule has 3 N–H and O–H groups in total. The lowest BCUT2D eigenvalue weighted by molar-refractivity contribution is -0.113. The number of carbonyl (C=O) groups is 2. The molecule has 0 saturated carbocycles. The van der Waals surface area contributed by atoms with Crippen LogP contribution in [0.4, 0.5) is 10.1 Å². The van der Waals surface area contributed by atoms with Crippen LogP contribution in [0.2, 0.25) is 0 Å². The molecule has 1 rings (SSSR count). The van der Waals surface area contributed by atoms with Crippen LogP contribution in [0.15, 0.2) is 18.2 Å². The normalized spacial score (nSPS) is 9.73. The van der Waals surface area contributed by atoms with Gasteiger partial charge in [0, 0.05) is 5.69 Å². The summed E-state index contributed by atoms with van der Waals surface area (Å²) in [6.07, 6.45) is 0. The second-order valence-corrected chi connectivity index (χ2v) is 3.30. The summed E-state index contributed by atoms with van der Waals surface area (Å²) in [5.41, 5.74) is 5.03. The highest BCUT2D eigenvalue weighted by Crippen LogP contribution is 2.14. The lowest BCUT2D eigenvalue weighted by Crippen LogP contribution is -2.16. The van der Waals surface area contributed by atoms with Gasteiger partial charge in [0.2, 0.25) is 5.91 Å². The molecule has 0 fully saturated rings. The van der Waals surface area contributed by atoms with Gasteiger partial charge in [-0.1, -0.05) is 15.9 Å². The summed E-state index contributed by atoms with van der Waals surface area (Å²) in [4.78, 5) is 21.8. The molecule has 0 heterocycles. The van der Waals surface area contributed by atoms with Crippen LogP contribution in [0, 0.1) is 5.82 Å². The summed E-state index contributed by atoms with van der Waals surface area (Å²) < 4.78 is 13.0. The molecule has 1 aromatic carbocycles. The molecule has 0 radical (unpaired) electrons. The number of hydrogen-bond acceptors (Lipinski definition) is 2. The average Bonchev–Trinajstić information content (AvgIpc) is 2.20. The maximum Gasteiger partial charge on any atom is 0.251 e. The number of rotatable bonds is 3. The standard InChI is InChI=1S/C9H8BrFN2O2/c10-4-8(14)13-5-1-2-7(11)6(3-5)9(12)15/h1-3H,4H2,(H2,12,15)(H,13,14). The van der Waals surface area contributed by atoms with Gasteiger partial charge in [0.15, 0.2) is 0 Å². The van der Waals surface area contributed by atoms with Crippen molar-refractivity contribution in [2.75, 3.05) is 10.6 Å². The van der Waals surface area contributed by atoms with Crippen LogP contribution in [-0.2, 0) is 4.79 Å². The van der Waals surface area contributed by atoms with Gasteiger partial charge >= 0.3 is 0 Å². The second-order valence-electron chi connectivity index (χ2n) is 2.74. The van der Waals surface area contributed by atoms with E-state index in [9.17, 15) is 14.0 Å². The number of primary amides is 1. The predicted octanol–water partition coefficient (Wildman–Crippen LogP) is 1.26. The van der Waals surface area contributed by atoms with Crippen molar-refractivity contribution in [3.63, 3.8) is 0 Å². The lowest BCUT2D eigenvalue weighted by Gasteiger charge is -2.05. The van der Waals surface area contributed by atoms with Crippen molar-refractivity contribution in [1.29, 1.82) is 0 Å². The van der Waals surface area contributed by atoms with Crippen molar-refractivity contribution < 1.29 is 14.0 Å². The molecule has 0 spiro atoms. The van der Waals surface area contributed by atoms with Gasteiger partial charge in [-0.3, -0.25) is 9.59 Å². The van der Waals surface area contributed by atoms with E-state index in [1.807, 2.05) is 0 Å². The highest BCUT2D eigenvalue weighted by Gasteiger charge is 2.09. The fourth-order valence-electron chi connectivity index (χ4n) is 0.986. The Bertz CT molecular complexity index is 409. The summed E-state index contributed by atoms with van der Waals surface area (Å²) in [5, 5.41) is 2.58. The third-order valence-corrected chi connectivity index (χ3v) is 2.15. The Morgan fingerprint density at radius 2 is 2.13 bits per heavy atom. The summed E-state index contributed by atoms with van der Waals surface area (Å²) in [5.74, 6) is -1.88. The van der Waals surface area contributed by atoms with Gasteiger partial charge in [-0.15, -0.1) is 0 Å². The number of benzene rings is 1. The number of anilines is 1. The molecule has 1 aromatic rings. The third kappa shape index (κ3) is 3.02. The van der Waals surface area contributed by atoms with E-state index in [0.717, 1.165) is 6.07 Å². The van der Waals surface area contributed by atoms with Crippen molar-refractivity contribution in [2.24, 2.45) is 5.73 Å². The van der Waals surface area contributed by atoms with Gasteiger partial charge in [0.25, 0.3) is 5.91 Å². The van der Waals surface area contributed by atoms with Crippen molar-refractivity contribution in [2.45, 2.75) is 0 Å². The Morgan fingerprint density at radius 3 is 2.67 bits per heavy atom. The Balaban J connectivity index is 2.97.